The number of aromatic nitrogens is 1. The van der Waals surface area contributed by atoms with Crippen molar-refractivity contribution >= 4 is 29.1 Å². The Morgan fingerprint density at radius 3 is 2.72 bits per heavy atom. The third-order valence-corrected chi connectivity index (χ3v) is 3.29. The standard InChI is InChI=1S/C12H11Cl2N3O/c13-10-4-9(5-11(14)16-10)12(18)17-3-1-2-8(6-15)7-17/h4-5,8H,1-3,7H2. The van der Waals surface area contributed by atoms with Gasteiger partial charge >= 0.3 is 0 Å². The van der Waals surface area contributed by atoms with Crippen LogP contribution in [0.25, 0.3) is 0 Å². The molecular weight excluding hydrogens is 273 g/mol. The summed E-state index contributed by atoms with van der Waals surface area (Å²) in [5.41, 5.74) is 0.415. The molecular formula is C12H11Cl2N3O. The van der Waals surface area contributed by atoms with Crippen LogP contribution in [-0.2, 0) is 0 Å². The topological polar surface area (TPSA) is 57.0 Å². The first-order valence-electron chi connectivity index (χ1n) is 5.62. The molecule has 0 bridgehead atoms. The summed E-state index contributed by atoms with van der Waals surface area (Å²) >= 11 is 11.5. The highest BCUT2D eigenvalue weighted by Crippen LogP contribution is 2.20. The second kappa shape index (κ2) is 5.55. The molecule has 0 aromatic carbocycles. The third kappa shape index (κ3) is 2.92. The van der Waals surface area contributed by atoms with Gasteiger partial charge in [-0.15, -0.1) is 0 Å². The molecule has 94 valence electrons. The minimum absolute atomic E-state index is 0.0875. The van der Waals surface area contributed by atoms with E-state index in [1.165, 1.54) is 12.1 Å². The average Bonchev–Trinajstić information content (AvgIpc) is 2.37. The Hall–Kier alpha value is -1.31. The lowest BCUT2D eigenvalue weighted by atomic mass is 9.99. The van der Waals surface area contributed by atoms with Gasteiger partial charge in [-0.2, -0.15) is 5.26 Å². The van der Waals surface area contributed by atoms with Crippen LogP contribution in [0.1, 0.15) is 23.2 Å². The number of carbonyl (C=O) groups excluding carboxylic acids is 1. The first-order valence-corrected chi connectivity index (χ1v) is 6.37. The van der Waals surface area contributed by atoms with Crippen LogP contribution >= 0.6 is 23.2 Å². The number of carbonyl (C=O) groups is 1. The number of halogens is 2. The maximum Gasteiger partial charge on any atom is 0.254 e. The van der Waals surface area contributed by atoms with Crippen molar-refractivity contribution in [2.75, 3.05) is 13.1 Å². The van der Waals surface area contributed by atoms with Gasteiger partial charge in [0.25, 0.3) is 5.91 Å². The third-order valence-electron chi connectivity index (χ3n) is 2.90. The molecule has 0 radical (unpaired) electrons. The molecule has 1 fully saturated rings. The Labute approximate surface area is 115 Å². The van der Waals surface area contributed by atoms with Crippen LogP contribution in [0.15, 0.2) is 12.1 Å². The summed E-state index contributed by atoms with van der Waals surface area (Å²) in [7, 11) is 0. The zero-order valence-corrected chi connectivity index (χ0v) is 11.1. The summed E-state index contributed by atoms with van der Waals surface area (Å²) in [4.78, 5) is 17.7. The van der Waals surface area contributed by atoms with Crippen molar-refractivity contribution in [3.63, 3.8) is 0 Å². The molecule has 0 aliphatic carbocycles. The number of likely N-dealkylation sites (tertiary alicyclic amines) is 1. The lowest BCUT2D eigenvalue weighted by Gasteiger charge is -2.29. The van der Waals surface area contributed by atoms with E-state index in [1.807, 2.05) is 0 Å². The van der Waals surface area contributed by atoms with E-state index in [0.717, 1.165) is 12.8 Å². The molecule has 1 atom stereocenters. The van der Waals surface area contributed by atoms with Gasteiger partial charge in [-0.3, -0.25) is 4.79 Å². The molecule has 4 nitrogen and oxygen atoms in total. The number of hydrogen-bond donors (Lipinski definition) is 0. The van der Waals surface area contributed by atoms with E-state index in [9.17, 15) is 4.79 Å². The average molecular weight is 284 g/mol. The SMILES string of the molecule is N#CC1CCCN(C(=O)c2cc(Cl)nc(Cl)c2)C1. The van der Waals surface area contributed by atoms with E-state index in [-0.39, 0.29) is 22.1 Å². The van der Waals surface area contributed by atoms with Gasteiger partial charge in [-0.1, -0.05) is 23.2 Å². The van der Waals surface area contributed by atoms with Gasteiger partial charge in [0.1, 0.15) is 10.3 Å². The number of amides is 1. The maximum absolute atomic E-state index is 12.2. The monoisotopic (exact) mass is 283 g/mol. The van der Waals surface area contributed by atoms with Gasteiger partial charge in [0.2, 0.25) is 0 Å². The molecule has 1 saturated heterocycles. The Bertz CT molecular complexity index is 492. The highest BCUT2D eigenvalue weighted by atomic mass is 35.5. The number of nitriles is 1. The highest BCUT2D eigenvalue weighted by molar-refractivity contribution is 6.33. The van der Waals surface area contributed by atoms with Crippen LogP contribution in [0.3, 0.4) is 0 Å². The number of rotatable bonds is 1. The summed E-state index contributed by atoms with van der Waals surface area (Å²) in [6, 6.07) is 5.19. The first-order chi connectivity index (χ1) is 8.60. The Balaban J connectivity index is 2.18. The minimum atomic E-state index is -0.152. The molecule has 6 heteroatoms. The lowest BCUT2D eigenvalue weighted by Crippen LogP contribution is -2.39. The van der Waals surface area contributed by atoms with Crippen LogP contribution in [0, 0.1) is 17.2 Å². The molecule has 2 heterocycles. The number of pyridine rings is 1. The number of piperidine rings is 1. The maximum atomic E-state index is 12.2. The van der Waals surface area contributed by atoms with Crippen molar-refractivity contribution in [1.82, 2.24) is 9.88 Å². The Kier molecular flexibility index (Phi) is 4.05. The van der Waals surface area contributed by atoms with Crippen molar-refractivity contribution in [2.24, 2.45) is 5.92 Å². The van der Waals surface area contributed by atoms with Gasteiger partial charge in [0.05, 0.1) is 12.0 Å². The fourth-order valence-electron chi connectivity index (χ4n) is 2.04. The molecule has 2 rings (SSSR count). The number of nitrogens with zero attached hydrogens (tertiary/aromatic N) is 3. The molecule has 0 saturated carbocycles. The molecule has 1 amide bonds. The van der Waals surface area contributed by atoms with Crippen molar-refractivity contribution < 1.29 is 4.79 Å². The Morgan fingerprint density at radius 2 is 2.11 bits per heavy atom. The highest BCUT2D eigenvalue weighted by Gasteiger charge is 2.24. The van der Waals surface area contributed by atoms with Gasteiger partial charge in [0.15, 0.2) is 0 Å². The molecule has 1 unspecified atom stereocenters. The van der Waals surface area contributed by atoms with E-state index < -0.39 is 0 Å². The largest absolute Gasteiger partial charge is 0.337 e. The summed E-state index contributed by atoms with van der Waals surface area (Å²) in [6.07, 6.45) is 1.69. The van der Waals surface area contributed by atoms with Gasteiger partial charge < -0.3 is 4.90 Å². The molecule has 1 aliphatic heterocycles. The summed E-state index contributed by atoms with van der Waals surface area (Å²) in [5, 5.41) is 9.30. The van der Waals surface area contributed by atoms with Crippen LogP contribution in [0.4, 0.5) is 0 Å². The van der Waals surface area contributed by atoms with Crippen molar-refractivity contribution in [3.05, 3.63) is 28.0 Å². The van der Waals surface area contributed by atoms with Gasteiger partial charge in [0, 0.05) is 18.7 Å². The van der Waals surface area contributed by atoms with Crippen molar-refractivity contribution in [2.45, 2.75) is 12.8 Å². The normalized spacial score (nSPS) is 19.4. The van der Waals surface area contributed by atoms with Crippen LogP contribution in [-0.4, -0.2) is 28.9 Å². The summed E-state index contributed by atoms with van der Waals surface area (Å²) in [6.45, 7) is 1.13. The second-order valence-corrected chi connectivity index (χ2v) is 5.00. The van der Waals surface area contributed by atoms with E-state index in [4.69, 9.17) is 28.5 Å². The molecule has 18 heavy (non-hydrogen) atoms. The van der Waals surface area contributed by atoms with E-state index in [1.54, 1.807) is 4.90 Å². The fraction of sp³-hybridized carbons (Fsp3) is 0.417. The van der Waals surface area contributed by atoms with Crippen molar-refractivity contribution in [3.8, 4) is 6.07 Å². The first kappa shape index (κ1) is 13.1. The zero-order valence-electron chi connectivity index (χ0n) is 9.57. The molecule has 0 spiro atoms. The predicted octanol–water partition coefficient (Wildman–Crippen LogP) is 2.76. The second-order valence-electron chi connectivity index (χ2n) is 4.22. The minimum Gasteiger partial charge on any atom is -0.337 e. The quantitative estimate of drug-likeness (QED) is 0.745. The predicted molar refractivity (Wildman–Crippen MR) is 68.5 cm³/mol. The molecule has 1 aromatic heterocycles. The summed E-state index contributed by atoms with van der Waals surface area (Å²) < 4.78 is 0. The summed E-state index contributed by atoms with van der Waals surface area (Å²) in [5.74, 6) is -0.239. The van der Waals surface area contributed by atoms with Crippen LogP contribution in [0.5, 0.6) is 0 Å². The Morgan fingerprint density at radius 1 is 1.44 bits per heavy atom. The lowest BCUT2D eigenvalue weighted by molar-refractivity contribution is 0.0698. The van der Waals surface area contributed by atoms with E-state index in [0.29, 0.717) is 18.7 Å². The van der Waals surface area contributed by atoms with E-state index >= 15 is 0 Å². The van der Waals surface area contributed by atoms with Crippen molar-refractivity contribution in [1.29, 1.82) is 5.26 Å². The smallest absolute Gasteiger partial charge is 0.254 e. The number of hydrogen-bond acceptors (Lipinski definition) is 3. The van der Waals surface area contributed by atoms with Crippen LogP contribution < -0.4 is 0 Å². The molecule has 1 aliphatic rings. The van der Waals surface area contributed by atoms with E-state index in [2.05, 4.69) is 11.1 Å². The van der Waals surface area contributed by atoms with Gasteiger partial charge in [-0.05, 0) is 25.0 Å². The molecule has 1 aromatic rings. The molecule has 0 N–H and O–H groups in total. The van der Waals surface area contributed by atoms with Gasteiger partial charge in [-0.25, -0.2) is 4.98 Å². The zero-order chi connectivity index (χ0) is 13.1. The van der Waals surface area contributed by atoms with Crippen LogP contribution in [0.2, 0.25) is 10.3 Å². The fourth-order valence-corrected chi connectivity index (χ4v) is 2.50.